The Morgan fingerprint density at radius 3 is 2.48 bits per heavy atom. The van der Waals surface area contributed by atoms with Crippen molar-refractivity contribution in [3.63, 3.8) is 0 Å². The molecule has 1 aliphatic rings. The van der Waals surface area contributed by atoms with Crippen molar-refractivity contribution in [2.75, 3.05) is 6.54 Å². The lowest BCUT2D eigenvalue weighted by molar-refractivity contribution is -0.129. The van der Waals surface area contributed by atoms with Crippen LogP contribution in [0.3, 0.4) is 0 Å². The number of carbonyl (C=O) groups is 2. The summed E-state index contributed by atoms with van der Waals surface area (Å²) in [5, 5.41) is 11.9. The molecule has 1 aromatic carbocycles. The highest BCUT2D eigenvalue weighted by Gasteiger charge is 2.35. The average Bonchev–Trinajstić information content (AvgIpc) is 2.87. The molecule has 5 heteroatoms. The molecule has 0 spiro atoms. The van der Waals surface area contributed by atoms with Gasteiger partial charge in [0, 0.05) is 25.6 Å². The number of hydrogen-bond acceptors (Lipinski definition) is 3. The van der Waals surface area contributed by atoms with Crippen molar-refractivity contribution in [1.29, 1.82) is 0 Å². The lowest BCUT2D eigenvalue weighted by Gasteiger charge is -2.20. The van der Waals surface area contributed by atoms with Gasteiger partial charge < -0.3 is 15.3 Å². The maximum Gasteiger partial charge on any atom is 0.225 e. The number of likely N-dealkylation sites (tertiary alicyclic amines) is 1. The first-order chi connectivity index (χ1) is 10.0. The van der Waals surface area contributed by atoms with Crippen LogP contribution in [0.4, 0.5) is 0 Å². The molecule has 1 fully saturated rings. The van der Waals surface area contributed by atoms with Gasteiger partial charge in [0.25, 0.3) is 0 Å². The van der Waals surface area contributed by atoms with Crippen LogP contribution in [0.15, 0.2) is 24.3 Å². The molecule has 0 aromatic heterocycles. The summed E-state index contributed by atoms with van der Waals surface area (Å²) in [6.45, 7) is 4.88. The number of aliphatic hydroxyl groups excluding tert-OH is 1. The molecule has 1 unspecified atom stereocenters. The maximum atomic E-state index is 12.1. The molecule has 2 amide bonds. The standard InChI is InChI=1S/C16H22N2O3/c1-11(2)18-9-14(7-15(18)20)16(21)17-8-12-3-5-13(10-19)6-4-12/h3-6,11,14,19H,7-10H2,1-2H3,(H,17,21). The van der Waals surface area contributed by atoms with E-state index in [4.69, 9.17) is 5.11 Å². The van der Waals surface area contributed by atoms with Gasteiger partial charge in [-0.05, 0) is 25.0 Å². The minimum Gasteiger partial charge on any atom is -0.392 e. The molecule has 114 valence electrons. The third-order valence-corrected chi connectivity index (χ3v) is 3.82. The second-order valence-electron chi connectivity index (χ2n) is 5.73. The molecule has 1 aliphatic heterocycles. The first-order valence-electron chi connectivity index (χ1n) is 7.27. The summed E-state index contributed by atoms with van der Waals surface area (Å²) in [4.78, 5) is 25.7. The molecule has 0 saturated carbocycles. The summed E-state index contributed by atoms with van der Waals surface area (Å²) in [5.74, 6) is -0.271. The van der Waals surface area contributed by atoms with Gasteiger partial charge in [-0.25, -0.2) is 0 Å². The van der Waals surface area contributed by atoms with Gasteiger partial charge in [-0.1, -0.05) is 24.3 Å². The van der Waals surface area contributed by atoms with Crippen LogP contribution >= 0.6 is 0 Å². The predicted octanol–water partition coefficient (Wildman–Crippen LogP) is 1.05. The van der Waals surface area contributed by atoms with Gasteiger partial charge in [0.15, 0.2) is 0 Å². The quantitative estimate of drug-likeness (QED) is 0.851. The van der Waals surface area contributed by atoms with Crippen LogP contribution in [0.1, 0.15) is 31.4 Å². The van der Waals surface area contributed by atoms with E-state index in [1.54, 1.807) is 4.90 Å². The molecule has 2 rings (SSSR count). The van der Waals surface area contributed by atoms with Crippen LogP contribution in [0.2, 0.25) is 0 Å². The van der Waals surface area contributed by atoms with E-state index in [0.29, 0.717) is 19.5 Å². The maximum absolute atomic E-state index is 12.1. The Labute approximate surface area is 125 Å². The average molecular weight is 290 g/mol. The van der Waals surface area contributed by atoms with E-state index in [-0.39, 0.29) is 30.4 Å². The molecule has 2 N–H and O–H groups in total. The van der Waals surface area contributed by atoms with Crippen molar-refractivity contribution in [1.82, 2.24) is 10.2 Å². The lowest BCUT2D eigenvalue weighted by atomic mass is 10.1. The molecular weight excluding hydrogens is 268 g/mol. The number of nitrogens with zero attached hydrogens (tertiary/aromatic N) is 1. The van der Waals surface area contributed by atoms with E-state index < -0.39 is 0 Å². The van der Waals surface area contributed by atoms with Crippen molar-refractivity contribution < 1.29 is 14.7 Å². The Balaban J connectivity index is 1.86. The first kappa shape index (κ1) is 15.5. The summed E-state index contributed by atoms with van der Waals surface area (Å²) < 4.78 is 0. The zero-order valence-electron chi connectivity index (χ0n) is 12.5. The van der Waals surface area contributed by atoms with Crippen LogP contribution in [0.25, 0.3) is 0 Å². The van der Waals surface area contributed by atoms with Crippen LogP contribution in [0.5, 0.6) is 0 Å². The minimum absolute atomic E-state index is 0.0157. The largest absolute Gasteiger partial charge is 0.392 e. The van der Waals surface area contributed by atoms with E-state index in [0.717, 1.165) is 11.1 Å². The third kappa shape index (κ3) is 3.82. The van der Waals surface area contributed by atoms with Crippen molar-refractivity contribution in [2.24, 2.45) is 5.92 Å². The van der Waals surface area contributed by atoms with E-state index >= 15 is 0 Å². The molecule has 0 bridgehead atoms. The van der Waals surface area contributed by atoms with E-state index in [2.05, 4.69) is 5.32 Å². The van der Waals surface area contributed by atoms with Crippen molar-refractivity contribution >= 4 is 11.8 Å². The Morgan fingerprint density at radius 2 is 1.95 bits per heavy atom. The van der Waals surface area contributed by atoms with Gasteiger partial charge in [-0.3, -0.25) is 9.59 Å². The second kappa shape index (κ2) is 6.72. The summed E-state index contributed by atoms with van der Waals surface area (Å²) in [5.41, 5.74) is 1.82. The molecule has 21 heavy (non-hydrogen) atoms. The topological polar surface area (TPSA) is 69.6 Å². The van der Waals surface area contributed by atoms with Gasteiger partial charge in [0.1, 0.15) is 0 Å². The zero-order chi connectivity index (χ0) is 15.4. The number of rotatable bonds is 5. The Kier molecular flexibility index (Phi) is 4.96. The van der Waals surface area contributed by atoms with Gasteiger partial charge in [-0.15, -0.1) is 0 Å². The van der Waals surface area contributed by atoms with Crippen LogP contribution < -0.4 is 5.32 Å². The molecule has 1 heterocycles. The zero-order valence-corrected chi connectivity index (χ0v) is 12.5. The van der Waals surface area contributed by atoms with Crippen LogP contribution in [0, 0.1) is 5.92 Å². The highest BCUT2D eigenvalue weighted by molar-refractivity contribution is 5.89. The normalized spacial score (nSPS) is 18.4. The Morgan fingerprint density at radius 1 is 1.33 bits per heavy atom. The summed E-state index contributed by atoms with van der Waals surface area (Å²) in [7, 11) is 0. The summed E-state index contributed by atoms with van der Waals surface area (Å²) >= 11 is 0. The van der Waals surface area contributed by atoms with Crippen molar-refractivity contribution in [3.8, 4) is 0 Å². The number of carbonyl (C=O) groups excluding carboxylic acids is 2. The van der Waals surface area contributed by atoms with E-state index in [1.807, 2.05) is 38.1 Å². The molecule has 0 aliphatic carbocycles. The van der Waals surface area contributed by atoms with Gasteiger partial charge in [0.2, 0.25) is 11.8 Å². The highest BCUT2D eigenvalue weighted by Crippen LogP contribution is 2.20. The number of aliphatic hydroxyl groups is 1. The number of hydrogen-bond donors (Lipinski definition) is 2. The van der Waals surface area contributed by atoms with Crippen molar-refractivity contribution in [2.45, 2.75) is 39.5 Å². The summed E-state index contributed by atoms with van der Waals surface area (Å²) in [6, 6.07) is 7.57. The Hall–Kier alpha value is -1.88. The second-order valence-corrected chi connectivity index (χ2v) is 5.73. The molecule has 5 nitrogen and oxygen atoms in total. The number of benzene rings is 1. The molecule has 1 saturated heterocycles. The number of amides is 2. The number of nitrogens with one attached hydrogen (secondary N) is 1. The first-order valence-corrected chi connectivity index (χ1v) is 7.27. The molecular formula is C16H22N2O3. The van der Waals surface area contributed by atoms with Crippen LogP contribution in [-0.2, 0) is 22.7 Å². The highest BCUT2D eigenvalue weighted by atomic mass is 16.3. The fourth-order valence-electron chi connectivity index (χ4n) is 2.50. The van der Waals surface area contributed by atoms with E-state index in [9.17, 15) is 9.59 Å². The fraction of sp³-hybridized carbons (Fsp3) is 0.500. The molecule has 1 atom stereocenters. The van der Waals surface area contributed by atoms with Crippen LogP contribution in [-0.4, -0.2) is 34.4 Å². The van der Waals surface area contributed by atoms with Gasteiger partial charge in [-0.2, -0.15) is 0 Å². The Bertz CT molecular complexity index is 511. The van der Waals surface area contributed by atoms with E-state index in [1.165, 1.54) is 0 Å². The van der Waals surface area contributed by atoms with Gasteiger partial charge in [0.05, 0.1) is 12.5 Å². The van der Waals surface area contributed by atoms with Crippen molar-refractivity contribution in [3.05, 3.63) is 35.4 Å². The van der Waals surface area contributed by atoms with Gasteiger partial charge >= 0.3 is 0 Å². The predicted molar refractivity (Wildman–Crippen MR) is 79.2 cm³/mol. The third-order valence-electron chi connectivity index (χ3n) is 3.82. The SMILES string of the molecule is CC(C)N1CC(C(=O)NCc2ccc(CO)cc2)CC1=O. The smallest absolute Gasteiger partial charge is 0.225 e. The monoisotopic (exact) mass is 290 g/mol. The molecule has 1 aromatic rings. The summed E-state index contributed by atoms with van der Waals surface area (Å²) in [6.07, 6.45) is 0.299. The lowest BCUT2D eigenvalue weighted by Crippen LogP contribution is -2.35. The molecule has 0 radical (unpaired) electrons. The fourth-order valence-corrected chi connectivity index (χ4v) is 2.50. The minimum atomic E-state index is -0.253.